The molecule has 0 saturated carbocycles. The molecule has 0 aliphatic carbocycles. The fourth-order valence-electron chi connectivity index (χ4n) is 1.25. The van der Waals surface area contributed by atoms with Gasteiger partial charge in [-0.1, -0.05) is 13.8 Å². The lowest BCUT2D eigenvalue weighted by Crippen LogP contribution is -2.22. The molecule has 0 bridgehead atoms. The molecule has 1 aromatic heterocycles. The maximum Gasteiger partial charge on any atom is 0.183 e. The summed E-state index contributed by atoms with van der Waals surface area (Å²) in [6.07, 6.45) is 4.23. The standard InChI is InChI=1S/C11H16N4/c1-9(2)4-7-15(3)11-10(8-12)13-5-6-14-11/h5-6,9H,4,7H2,1-3H3. The van der Waals surface area contributed by atoms with Crippen molar-refractivity contribution in [2.75, 3.05) is 18.5 Å². The Morgan fingerprint density at radius 1 is 1.40 bits per heavy atom. The Morgan fingerprint density at radius 2 is 2.07 bits per heavy atom. The fourth-order valence-corrected chi connectivity index (χ4v) is 1.25. The van der Waals surface area contributed by atoms with E-state index >= 15 is 0 Å². The molecule has 1 aromatic rings. The highest BCUT2D eigenvalue weighted by Crippen LogP contribution is 2.13. The Kier molecular flexibility index (Phi) is 4.04. The summed E-state index contributed by atoms with van der Waals surface area (Å²) in [5.41, 5.74) is 0.392. The molecule has 0 spiro atoms. The van der Waals surface area contributed by atoms with Gasteiger partial charge in [-0.25, -0.2) is 9.97 Å². The zero-order chi connectivity index (χ0) is 11.3. The Balaban J connectivity index is 2.73. The Hall–Kier alpha value is -1.63. The van der Waals surface area contributed by atoms with Crippen LogP contribution in [0.1, 0.15) is 26.0 Å². The summed E-state index contributed by atoms with van der Waals surface area (Å²) in [5.74, 6) is 1.32. The van der Waals surface area contributed by atoms with E-state index in [-0.39, 0.29) is 0 Å². The average Bonchev–Trinajstić information content (AvgIpc) is 2.25. The van der Waals surface area contributed by atoms with Gasteiger partial charge in [0, 0.05) is 26.0 Å². The topological polar surface area (TPSA) is 52.8 Å². The van der Waals surface area contributed by atoms with Crippen LogP contribution in [0.5, 0.6) is 0 Å². The lowest BCUT2D eigenvalue weighted by Gasteiger charge is -2.19. The van der Waals surface area contributed by atoms with Crippen LogP contribution in [0.4, 0.5) is 5.82 Å². The van der Waals surface area contributed by atoms with Gasteiger partial charge in [0.1, 0.15) is 6.07 Å². The van der Waals surface area contributed by atoms with E-state index < -0.39 is 0 Å². The highest BCUT2D eigenvalue weighted by atomic mass is 15.2. The number of nitriles is 1. The summed E-state index contributed by atoms with van der Waals surface area (Å²) in [6.45, 7) is 5.25. The third-order valence-corrected chi connectivity index (χ3v) is 2.19. The van der Waals surface area contributed by atoms with E-state index in [1.54, 1.807) is 12.4 Å². The van der Waals surface area contributed by atoms with Crippen LogP contribution >= 0.6 is 0 Å². The maximum atomic E-state index is 8.87. The second kappa shape index (κ2) is 5.30. The van der Waals surface area contributed by atoms with Crippen molar-refractivity contribution in [3.05, 3.63) is 18.1 Å². The number of hydrogen-bond donors (Lipinski definition) is 0. The molecule has 0 aliphatic rings. The van der Waals surface area contributed by atoms with Crippen LogP contribution in [0.3, 0.4) is 0 Å². The number of aromatic nitrogens is 2. The minimum atomic E-state index is 0.392. The Bertz CT molecular complexity index is 354. The molecule has 0 aromatic carbocycles. The second-order valence-electron chi connectivity index (χ2n) is 3.94. The highest BCUT2D eigenvalue weighted by Gasteiger charge is 2.09. The number of anilines is 1. The highest BCUT2D eigenvalue weighted by molar-refractivity contribution is 5.48. The first-order valence-electron chi connectivity index (χ1n) is 5.07. The summed E-state index contributed by atoms with van der Waals surface area (Å²) in [5, 5.41) is 8.87. The van der Waals surface area contributed by atoms with Crippen LogP contribution in [0, 0.1) is 17.2 Å². The van der Waals surface area contributed by atoms with Crippen molar-refractivity contribution >= 4 is 5.82 Å². The first-order chi connectivity index (χ1) is 7.15. The van der Waals surface area contributed by atoms with Crippen molar-refractivity contribution in [2.45, 2.75) is 20.3 Å². The molecule has 4 nitrogen and oxygen atoms in total. The van der Waals surface area contributed by atoms with E-state index in [4.69, 9.17) is 5.26 Å². The van der Waals surface area contributed by atoms with Gasteiger partial charge in [0.25, 0.3) is 0 Å². The molecular formula is C11H16N4. The van der Waals surface area contributed by atoms with Crippen molar-refractivity contribution in [2.24, 2.45) is 5.92 Å². The number of rotatable bonds is 4. The SMILES string of the molecule is CC(C)CCN(C)c1nccnc1C#N. The van der Waals surface area contributed by atoms with Crippen molar-refractivity contribution < 1.29 is 0 Å². The van der Waals surface area contributed by atoms with Gasteiger partial charge in [0.2, 0.25) is 0 Å². The second-order valence-corrected chi connectivity index (χ2v) is 3.94. The van der Waals surface area contributed by atoms with E-state index in [9.17, 15) is 0 Å². The van der Waals surface area contributed by atoms with Crippen LogP contribution < -0.4 is 4.90 Å². The molecule has 4 heteroatoms. The molecule has 0 fully saturated rings. The summed E-state index contributed by atoms with van der Waals surface area (Å²) in [6, 6.07) is 2.05. The average molecular weight is 204 g/mol. The molecule has 0 unspecified atom stereocenters. The monoisotopic (exact) mass is 204 g/mol. The summed E-state index contributed by atoms with van der Waals surface area (Å²) < 4.78 is 0. The first kappa shape index (κ1) is 11.4. The van der Waals surface area contributed by atoms with E-state index in [0.717, 1.165) is 13.0 Å². The molecule has 1 heterocycles. The summed E-state index contributed by atoms with van der Waals surface area (Å²) in [4.78, 5) is 10.1. The van der Waals surface area contributed by atoms with Gasteiger partial charge in [0.15, 0.2) is 11.5 Å². The zero-order valence-electron chi connectivity index (χ0n) is 9.44. The van der Waals surface area contributed by atoms with Crippen molar-refractivity contribution in [1.82, 2.24) is 9.97 Å². The predicted octanol–water partition coefficient (Wildman–Crippen LogP) is 1.83. The van der Waals surface area contributed by atoms with Gasteiger partial charge < -0.3 is 4.90 Å². The van der Waals surface area contributed by atoms with Crippen LogP contribution in [0.2, 0.25) is 0 Å². The van der Waals surface area contributed by atoms with Crippen LogP contribution in [0.15, 0.2) is 12.4 Å². The number of nitrogens with zero attached hydrogens (tertiary/aromatic N) is 4. The summed E-state index contributed by atoms with van der Waals surface area (Å²) in [7, 11) is 1.94. The summed E-state index contributed by atoms with van der Waals surface area (Å²) >= 11 is 0. The molecule has 80 valence electrons. The Labute approximate surface area is 90.6 Å². The van der Waals surface area contributed by atoms with Crippen LogP contribution in [0.25, 0.3) is 0 Å². The number of hydrogen-bond acceptors (Lipinski definition) is 4. The molecule has 0 radical (unpaired) electrons. The van der Waals surface area contributed by atoms with Crippen molar-refractivity contribution in [1.29, 1.82) is 5.26 Å². The molecule has 15 heavy (non-hydrogen) atoms. The third kappa shape index (κ3) is 3.21. The van der Waals surface area contributed by atoms with E-state index in [1.165, 1.54) is 0 Å². The van der Waals surface area contributed by atoms with E-state index in [2.05, 4.69) is 23.8 Å². The smallest absolute Gasteiger partial charge is 0.183 e. The van der Waals surface area contributed by atoms with Gasteiger partial charge >= 0.3 is 0 Å². The molecule has 1 rings (SSSR count). The molecule has 0 N–H and O–H groups in total. The first-order valence-corrected chi connectivity index (χ1v) is 5.07. The van der Waals surface area contributed by atoms with Gasteiger partial charge in [-0.05, 0) is 12.3 Å². The Morgan fingerprint density at radius 3 is 2.67 bits per heavy atom. The molecule has 0 atom stereocenters. The molecule has 0 aliphatic heterocycles. The van der Waals surface area contributed by atoms with Gasteiger partial charge in [-0.3, -0.25) is 0 Å². The lowest BCUT2D eigenvalue weighted by atomic mass is 10.1. The molecule has 0 saturated heterocycles. The maximum absolute atomic E-state index is 8.87. The minimum Gasteiger partial charge on any atom is -0.357 e. The molecule has 0 amide bonds. The lowest BCUT2D eigenvalue weighted by molar-refractivity contribution is 0.583. The molecular weight excluding hydrogens is 188 g/mol. The van der Waals surface area contributed by atoms with Crippen LogP contribution in [-0.2, 0) is 0 Å². The zero-order valence-corrected chi connectivity index (χ0v) is 9.44. The normalized spacial score (nSPS) is 10.1. The van der Waals surface area contributed by atoms with Gasteiger partial charge in [0.05, 0.1) is 0 Å². The predicted molar refractivity (Wildman–Crippen MR) is 59.5 cm³/mol. The third-order valence-electron chi connectivity index (χ3n) is 2.19. The van der Waals surface area contributed by atoms with Gasteiger partial charge in [-0.2, -0.15) is 5.26 Å². The van der Waals surface area contributed by atoms with Gasteiger partial charge in [-0.15, -0.1) is 0 Å². The van der Waals surface area contributed by atoms with E-state index in [1.807, 2.05) is 18.0 Å². The van der Waals surface area contributed by atoms with E-state index in [0.29, 0.717) is 17.4 Å². The minimum absolute atomic E-state index is 0.392. The fraction of sp³-hybridized carbons (Fsp3) is 0.545. The van der Waals surface area contributed by atoms with Crippen molar-refractivity contribution in [3.63, 3.8) is 0 Å². The van der Waals surface area contributed by atoms with Crippen molar-refractivity contribution in [3.8, 4) is 6.07 Å². The quantitative estimate of drug-likeness (QED) is 0.750. The van der Waals surface area contributed by atoms with Crippen LogP contribution in [-0.4, -0.2) is 23.6 Å². The largest absolute Gasteiger partial charge is 0.357 e.